The third-order valence-corrected chi connectivity index (χ3v) is 3.83. The smallest absolute Gasteiger partial charge is 0.247 e. The number of benzene rings is 1. The average Bonchev–Trinajstić information content (AvgIpc) is 3.26. The highest BCUT2D eigenvalue weighted by Gasteiger charge is 2.21. The van der Waals surface area contributed by atoms with E-state index < -0.39 is 0 Å². The summed E-state index contributed by atoms with van der Waals surface area (Å²) < 4.78 is 1.96. The number of aromatic amines is 1. The van der Waals surface area contributed by atoms with E-state index in [0.29, 0.717) is 11.7 Å². The van der Waals surface area contributed by atoms with E-state index in [2.05, 4.69) is 34.3 Å². The zero-order valence-electron chi connectivity index (χ0n) is 13.8. The maximum Gasteiger partial charge on any atom is 0.247 e. The highest BCUT2D eigenvalue weighted by Crippen LogP contribution is 2.22. The van der Waals surface area contributed by atoms with Gasteiger partial charge in [-0.2, -0.15) is 5.10 Å². The molecule has 1 atom stereocenters. The fourth-order valence-electron chi connectivity index (χ4n) is 2.65. The second-order valence-corrected chi connectivity index (χ2v) is 6.18. The van der Waals surface area contributed by atoms with Crippen LogP contribution in [0.3, 0.4) is 0 Å². The number of H-pyrrole nitrogens is 1. The highest BCUT2D eigenvalue weighted by atomic mass is 16.2. The molecule has 0 unspecified atom stereocenters. The van der Waals surface area contributed by atoms with E-state index in [-0.39, 0.29) is 11.9 Å². The number of carbonyl (C=O) groups is 1. The predicted molar refractivity (Wildman–Crippen MR) is 93.4 cm³/mol. The Balaban J connectivity index is 1.72. The van der Waals surface area contributed by atoms with Gasteiger partial charge in [-0.3, -0.25) is 9.89 Å². The van der Waals surface area contributed by atoms with Gasteiger partial charge in [0.2, 0.25) is 5.91 Å². The summed E-state index contributed by atoms with van der Waals surface area (Å²) in [5.74, 6) is 1.13. The summed E-state index contributed by atoms with van der Waals surface area (Å²) in [6, 6.07) is 11.2. The van der Waals surface area contributed by atoms with Gasteiger partial charge in [-0.25, -0.2) is 4.98 Å². The minimum atomic E-state index is -0.214. The number of amides is 1. The molecule has 1 aromatic carbocycles. The molecular weight excluding hydrogens is 302 g/mol. The molecule has 0 spiro atoms. The van der Waals surface area contributed by atoms with Crippen LogP contribution < -0.4 is 5.32 Å². The number of carbonyl (C=O) groups excluding carboxylic acids is 1. The van der Waals surface area contributed by atoms with Gasteiger partial charge >= 0.3 is 0 Å². The van der Waals surface area contributed by atoms with Crippen LogP contribution in [0.15, 0.2) is 55.1 Å². The molecule has 0 aliphatic heterocycles. The third-order valence-electron chi connectivity index (χ3n) is 3.83. The summed E-state index contributed by atoms with van der Waals surface area (Å²) in [6.45, 7) is 4.24. The second kappa shape index (κ2) is 7.12. The zero-order valence-corrected chi connectivity index (χ0v) is 13.8. The first-order valence-electron chi connectivity index (χ1n) is 8.02. The largest absolute Gasteiger partial charge is 0.342 e. The first kappa shape index (κ1) is 16.0. The van der Waals surface area contributed by atoms with E-state index in [4.69, 9.17) is 0 Å². The van der Waals surface area contributed by atoms with Crippen LogP contribution in [0.2, 0.25) is 0 Å². The van der Waals surface area contributed by atoms with Gasteiger partial charge in [0.1, 0.15) is 12.4 Å². The first-order valence-corrected chi connectivity index (χ1v) is 8.02. The molecule has 0 aliphatic carbocycles. The fraction of sp³-hybridized carbons (Fsp3) is 0.278. The Hall–Kier alpha value is -2.89. The van der Waals surface area contributed by atoms with Crippen molar-refractivity contribution in [1.29, 1.82) is 0 Å². The molecule has 0 saturated heterocycles. The Bertz CT molecular complexity index is 760. The topological polar surface area (TPSA) is 75.6 Å². The zero-order chi connectivity index (χ0) is 16.9. The summed E-state index contributed by atoms with van der Waals surface area (Å²) in [5, 5.41) is 9.66. The summed E-state index contributed by atoms with van der Waals surface area (Å²) >= 11 is 0. The molecular formula is C18H21N5O. The van der Waals surface area contributed by atoms with E-state index >= 15 is 0 Å². The summed E-state index contributed by atoms with van der Waals surface area (Å²) in [5.41, 5.74) is 1.69. The van der Waals surface area contributed by atoms with Crippen molar-refractivity contribution in [1.82, 2.24) is 19.7 Å². The van der Waals surface area contributed by atoms with E-state index in [9.17, 15) is 4.79 Å². The van der Waals surface area contributed by atoms with Crippen LogP contribution in [0.1, 0.15) is 26.3 Å². The van der Waals surface area contributed by atoms with E-state index in [0.717, 1.165) is 17.7 Å². The van der Waals surface area contributed by atoms with Crippen LogP contribution in [-0.4, -0.2) is 25.7 Å². The molecule has 2 N–H and O–H groups in total. The van der Waals surface area contributed by atoms with Crippen molar-refractivity contribution in [3.05, 3.63) is 55.1 Å². The third kappa shape index (κ3) is 3.71. The number of rotatable bonds is 6. The van der Waals surface area contributed by atoms with Crippen LogP contribution in [-0.2, 0) is 4.79 Å². The minimum Gasteiger partial charge on any atom is -0.342 e. The molecule has 2 heterocycles. The Morgan fingerprint density at radius 2 is 1.92 bits per heavy atom. The number of anilines is 1. The second-order valence-electron chi connectivity index (χ2n) is 6.18. The van der Waals surface area contributed by atoms with Crippen molar-refractivity contribution in [2.24, 2.45) is 5.92 Å². The molecule has 0 radical (unpaired) electrons. The molecule has 1 amide bonds. The standard InChI is InChI=1S/C18H21N5O/c1-13(2)11-16(23-9-3-4-10-23)18(24)21-15-7-5-14(6-8-15)17-19-12-20-22-17/h3-10,12-13,16H,11H2,1-2H3,(H,21,24)(H,19,20,22)/t16-/m1/s1. The van der Waals surface area contributed by atoms with Gasteiger partial charge in [-0.15, -0.1) is 0 Å². The van der Waals surface area contributed by atoms with Gasteiger partial charge in [-0.05, 0) is 48.7 Å². The molecule has 124 valence electrons. The van der Waals surface area contributed by atoms with Crippen LogP contribution in [0.5, 0.6) is 0 Å². The van der Waals surface area contributed by atoms with Crippen LogP contribution in [0.4, 0.5) is 5.69 Å². The summed E-state index contributed by atoms with van der Waals surface area (Å²) in [4.78, 5) is 16.8. The molecule has 0 saturated carbocycles. The van der Waals surface area contributed by atoms with Crippen LogP contribution >= 0.6 is 0 Å². The maximum absolute atomic E-state index is 12.7. The minimum absolute atomic E-state index is 0.00712. The monoisotopic (exact) mass is 323 g/mol. The quantitative estimate of drug-likeness (QED) is 0.729. The van der Waals surface area contributed by atoms with E-state index in [1.807, 2.05) is 53.4 Å². The molecule has 0 bridgehead atoms. The normalized spacial score (nSPS) is 12.3. The van der Waals surface area contributed by atoms with Crippen molar-refractivity contribution in [2.75, 3.05) is 5.32 Å². The van der Waals surface area contributed by atoms with Gasteiger partial charge in [-0.1, -0.05) is 13.8 Å². The maximum atomic E-state index is 12.7. The molecule has 0 fully saturated rings. The van der Waals surface area contributed by atoms with E-state index in [1.165, 1.54) is 6.33 Å². The molecule has 2 aromatic heterocycles. The van der Waals surface area contributed by atoms with Gasteiger partial charge in [0.15, 0.2) is 5.82 Å². The van der Waals surface area contributed by atoms with Gasteiger partial charge in [0.25, 0.3) is 0 Å². The van der Waals surface area contributed by atoms with Crippen molar-refractivity contribution >= 4 is 11.6 Å². The number of aromatic nitrogens is 4. The van der Waals surface area contributed by atoms with Gasteiger partial charge < -0.3 is 9.88 Å². The van der Waals surface area contributed by atoms with Crippen molar-refractivity contribution in [3.8, 4) is 11.4 Å². The number of nitrogens with zero attached hydrogens (tertiary/aromatic N) is 3. The SMILES string of the molecule is CC(C)C[C@H](C(=O)Nc1ccc(-c2ncn[nH]2)cc1)n1cccc1. The van der Waals surface area contributed by atoms with Crippen molar-refractivity contribution < 1.29 is 4.79 Å². The fourth-order valence-corrected chi connectivity index (χ4v) is 2.65. The molecule has 24 heavy (non-hydrogen) atoms. The predicted octanol–water partition coefficient (Wildman–Crippen LogP) is 3.50. The number of nitrogens with one attached hydrogen (secondary N) is 2. The Labute approximate surface area is 140 Å². The number of hydrogen-bond acceptors (Lipinski definition) is 3. The molecule has 0 aliphatic rings. The molecule has 6 nitrogen and oxygen atoms in total. The molecule has 3 rings (SSSR count). The highest BCUT2D eigenvalue weighted by molar-refractivity contribution is 5.93. The first-order chi connectivity index (χ1) is 11.6. The van der Waals surface area contributed by atoms with Crippen LogP contribution in [0.25, 0.3) is 11.4 Å². The van der Waals surface area contributed by atoms with Gasteiger partial charge in [0.05, 0.1) is 0 Å². The Morgan fingerprint density at radius 1 is 1.21 bits per heavy atom. The Kier molecular flexibility index (Phi) is 4.74. The van der Waals surface area contributed by atoms with Crippen molar-refractivity contribution in [2.45, 2.75) is 26.3 Å². The van der Waals surface area contributed by atoms with Crippen molar-refractivity contribution in [3.63, 3.8) is 0 Å². The van der Waals surface area contributed by atoms with E-state index in [1.54, 1.807) is 0 Å². The molecule has 3 aromatic rings. The lowest BCUT2D eigenvalue weighted by atomic mass is 10.0. The lowest BCUT2D eigenvalue weighted by Crippen LogP contribution is -2.26. The lowest BCUT2D eigenvalue weighted by Gasteiger charge is -2.20. The average molecular weight is 323 g/mol. The number of hydrogen-bond donors (Lipinski definition) is 2. The van der Waals surface area contributed by atoms with Gasteiger partial charge in [0, 0.05) is 23.6 Å². The van der Waals surface area contributed by atoms with Crippen LogP contribution in [0, 0.1) is 5.92 Å². The lowest BCUT2D eigenvalue weighted by molar-refractivity contribution is -0.119. The summed E-state index contributed by atoms with van der Waals surface area (Å²) in [7, 11) is 0. The molecule has 6 heteroatoms. The Morgan fingerprint density at radius 3 is 2.50 bits per heavy atom. The summed E-state index contributed by atoms with van der Waals surface area (Å²) in [6.07, 6.45) is 6.12.